The summed E-state index contributed by atoms with van der Waals surface area (Å²) in [4.78, 5) is 0. The molecule has 3 nitrogen and oxygen atoms in total. The molecule has 0 aliphatic carbocycles. The first-order chi connectivity index (χ1) is 5.86. The largest absolute Gasteiger partial charge is 0.396 e. The Kier molecular flexibility index (Phi) is 4.58. The van der Waals surface area contributed by atoms with Crippen LogP contribution in [0.3, 0.4) is 0 Å². The maximum Gasteiger partial charge on any atom is 0.0494 e. The van der Waals surface area contributed by atoms with E-state index in [0.29, 0.717) is 12.5 Å². The Morgan fingerprint density at radius 2 is 2.42 bits per heavy atom. The van der Waals surface area contributed by atoms with Gasteiger partial charge in [0.25, 0.3) is 0 Å². The number of ether oxygens (including phenoxy) is 1. The van der Waals surface area contributed by atoms with Crippen molar-refractivity contribution in [3.05, 3.63) is 0 Å². The monoisotopic (exact) mass is 173 g/mol. The fourth-order valence-electron chi connectivity index (χ4n) is 1.71. The number of nitrogens with two attached hydrogens (primary N) is 1. The van der Waals surface area contributed by atoms with Crippen molar-refractivity contribution < 1.29 is 9.84 Å². The van der Waals surface area contributed by atoms with Gasteiger partial charge in [0, 0.05) is 19.8 Å². The number of aliphatic hydroxyl groups is 1. The molecule has 72 valence electrons. The van der Waals surface area contributed by atoms with Gasteiger partial charge in [-0.3, -0.25) is 0 Å². The fraction of sp³-hybridized carbons (Fsp3) is 1.00. The summed E-state index contributed by atoms with van der Waals surface area (Å²) in [6, 6.07) is 0. The number of aliphatic hydroxyl groups excluding tert-OH is 1. The van der Waals surface area contributed by atoms with Crippen LogP contribution in [0.4, 0.5) is 0 Å². The molecule has 1 rings (SSSR count). The minimum Gasteiger partial charge on any atom is -0.396 e. The van der Waals surface area contributed by atoms with E-state index in [-0.39, 0.29) is 12.5 Å². The van der Waals surface area contributed by atoms with E-state index in [0.717, 1.165) is 26.1 Å². The molecule has 1 heterocycles. The average molecular weight is 173 g/mol. The summed E-state index contributed by atoms with van der Waals surface area (Å²) in [7, 11) is 0. The van der Waals surface area contributed by atoms with Crippen LogP contribution < -0.4 is 5.73 Å². The van der Waals surface area contributed by atoms with Gasteiger partial charge in [0.1, 0.15) is 0 Å². The highest BCUT2D eigenvalue weighted by atomic mass is 16.5. The molecule has 12 heavy (non-hydrogen) atoms. The van der Waals surface area contributed by atoms with E-state index in [2.05, 4.69) is 0 Å². The van der Waals surface area contributed by atoms with Crippen LogP contribution in [0.1, 0.15) is 19.3 Å². The summed E-state index contributed by atoms with van der Waals surface area (Å²) in [5.74, 6) is 0.899. The third kappa shape index (κ3) is 3.09. The molecule has 3 N–H and O–H groups in total. The topological polar surface area (TPSA) is 55.5 Å². The molecule has 2 unspecified atom stereocenters. The summed E-state index contributed by atoms with van der Waals surface area (Å²) in [6.07, 6.45) is 3.41. The second kappa shape index (κ2) is 5.51. The second-order valence-electron chi connectivity index (χ2n) is 3.60. The van der Waals surface area contributed by atoms with Crippen molar-refractivity contribution in [3.63, 3.8) is 0 Å². The second-order valence-corrected chi connectivity index (χ2v) is 3.60. The molecule has 1 aliphatic heterocycles. The van der Waals surface area contributed by atoms with Crippen molar-refractivity contribution in [1.29, 1.82) is 0 Å². The SMILES string of the molecule is NCC(CO)CC1CCCOC1. The highest BCUT2D eigenvalue weighted by Crippen LogP contribution is 2.20. The van der Waals surface area contributed by atoms with Crippen LogP contribution in [-0.2, 0) is 4.74 Å². The Morgan fingerprint density at radius 3 is 2.92 bits per heavy atom. The smallest absolute Gasteiger partial charge is 0.0494 e. The van der Waals surface area contributed by atoms with E-state index in [1.807, 2.05) is 0 Å². The zero-order valence-electron chi connectivity index (χ0n) is 7.54. The number of hydrogen-bond acceptors (Lipinski definition) is 3. The minimum atomic E-state index is 0.215. The van der Waals surface area contributed by atoms with Crippen LogP contribution in [0.5, 0.6) is 0 Å². The molecule has 0 saturated carbocycles. The molecule has 2 atom stereocenters. The van der Waals surface area contributed by atoms with Crippen molar-refractivity contribution in [2.75, 3.05) is 26.4 Å². The van der Waals surface area contributed by atoms with Gasteiger partial charge in [0.05, 0.1) is 0 Å². The molecular formula is C9H19NO2. The molecule has 0 bridgehead atoms. The Bertz CT molecular complexity index is 109. The van der Waals surface area contributed by atoms with E-state index in [1.54, 1.807) is 0 Å². The van der Waals surface area contributed by atoms with Gasteiger partial charge in [0.2, 0.25) is 0 Å². The molecule has 0 aromatic carbocycles. The third-order valence-electron chi connectivity index (χ3n) is 2.51. The molecular weight excluding hydrogens is 154 g/mol. The normalized spacial score (nSPS) is 27.0. The molecule has 0 radical (unpaired) electrons. The summed E-state index contributed by atoms with van der Waals surface area (Å²) in [6.45, 7) is 2.57. The van der Waals surface area contributed by atoms with Crippen LogP contribution in [0, 0.1) is 11.8 Å². The molecule has 0 aromatic rings. The number of hydrogen-bond donors (Lipinski definition) is 2. The van der Waals surface area contributed by atoms with E-state index in [1.165, 1.54) is 6.42 Å². The van der Waals surface area contributed by atoms with Crippen molar-refractivity contribution >= 4 is 0 Å². The van der Waals surface area contributed by atoms with Gasteiger partial charge in [-0.25, -0.2) is 0 Å². The third-order valence-corrected chi connectivity index (χ3v) is 2.51. The molecule has 1 saturated heterocycles. The first-order valence-corrected chi connectivity index (χ1v) is 4.75. The predicted molar refractivity (Wildman–Crippen MR) is 47.8 cm³/mol. The highest BCUT2D eigenvalue weighted by Gasteiger charge is 2.17. The van der Waals surface area contributed by atoms with Gasteiger partial charge in [-0.05, 0) is 37.6 Å². The highest BCUT2D eigenvalue weighted by molar-refractivity contribution is 4.68. The average Bonchev–Trinajstić information content (AvgIpc) is 2.16. The molecule has 0 spiro atoms. The first-order valence-electron chi connectivity index (χ1n) is 4.75. The van der Waals surface area contributed by atoms with Crippen molar-refractivity contribution in [2.24, 2.45) is 17.6 Å². The Morgan fingerprint density at radius 1 is 1.58 bits per heavy atom. The van der Waals surface area contributed by atoms with Gasteiger partial charge in [-0.1, -0.05) is 0 Å². The van der Waals surface area contributed by atoms with Gasteiger partial charge in [0.15, 0.2) is 0 Å². The van der Waals surface area contributed by atoms with Gasteiger partial charge in [-0.2, -0.15) is 0 Å². The molecule has 3 heteroatoms. The van der Waals surface area contributed by atoms with E-state index >= 15 is 0 Å². The lowest BCUT2D eigenvalue weighted by atomic mass is 9.91. The quantitative estimate of drug-likeness (QED) is 0.646. The van der Waals surface area contributed by atoms with Crippen molar-refractivity contribution in [2.45, 2.75) is 19.3 Å². The molecule has 0 aromatic heterocycles. The Balaban J connectivity index is 2.18. The fourth-order valence-corrected chi connectivity index (χ4v) is 1.71. The predicted octanol–water partition coefficient (Wildman–Crippen LogP) is 0.370. The first kappa shape index (κ1) is 9.96. The standard InChI is InChI=1S/C9H19NO2/c10-5-9(6-11)4-8-2-1-3-12-7-8/h8-9,11H,1-7,10H2. The summed E-state index contributed by atoms with van der Waals surface area (Å²) in [5, 5.41) is 8.94. The zero-order chi connectivity index (χ0) is 8.81. The number of rotatable bonds is 4. The summed E-state index contributed by atoms with van der Waals surface area (Å²) >= 11 is 0. The van der Waals surface area contributed by atoms with Crippen LogP contribution >= 0.6 is 0 Å². The molecule has 1 fully saturated rings. The van der Waals surface area contributed by atoms with Gasteiger partial charge < -0.3 is 15.6 Å². The van der Waals surface area contributed by atoms with Crippen molar-refractivity contribution in [1.82, 2.24) is 0 Å². The summed E-state index contributed by atoms with van der Waals surface area (Å²) < 4.78 is 5.35. The van der Waals surface area contributed by atoms with Crippen LogP contribution in [0.2, 0.25) is 0 Å². The van der Waals surface area contributed by atoms with Crippen LogP contribution in [-0.4, -0.2) is 31.5 Å². The lowest BCUT2D eigenvalue weighted by Crippen LogP contribution is -2.25. The van der Waals surface area contributed by atoms with Gasteiger partial charge >= 0.3 is 0 Å². The lowest BCUT2D eigenvalue weighted by Gasteiger charge is -2.24. The van der Waals surface area contributed by atoms with Crippen LogP contribution in [0.25, 0.3) is 0 Å². The Labute approximate surface area is 73.9 Å². The maximum absolute atomic E-state index is 8.94. The lowest BCUT2D eigenvalue weighted by molar-refractivity contribution is 0.0410. The molecule has 0 amide bonds. The van der Waals surface area contributed by atoms with E-state index < -0.39 is 0 Å². The van der Waals surface area contributed by atoms with E-state index in [4.69, 9.17) is 15.6 Å². The van der Waals surface area contributed by atoms with Crippen LogP contribution in [0.15, 0.2) is 0 Å². The zero-order valence-corrected chi connectivity index (χ0v) is 7.54. The summed E-state index contributed by atoms with van der Waals surface area (Å²) in [5.41, 5.74) is 5.50. The minimum absolute atomic E-state index is 0.215. The molecule has 1 aliphatic rings. The Hall–Kier alpha value is -0.120. The van der Waals surface area contributed by atoms with Crippen molar-refractivity contribution in [3.8, 4) is 0 Å². The maximum atomic E-state index is 8.94. The van der Waals surface area contributed by atoms with E-state index in [9.17, 15) is 0 Å². The van der Waals surface area contributed by atoms with Gasteiger partial charge in [-0.15, -0.1) is 0 Å².